The van der Waals surface area contributed by atoms with Gasteiger partial charge in [0.25, 0.3) is 0 Å². The fourth-order valence-electron chi connectivity index (χ4n) is 3.60. The Labute approximate surface area is 206 Å². The van der Waals surface area contributed by atoms with Crippen LogP contribution in [0.15, 0.2) is 82.6 Å². The van der Waals surface area contributed by atoms with E-state index in [1.54, 1.807) is 37.9 Å². The average Bonchev–Trinajstić information content (AvgIpc) is 2.84. The first-order chi connectivity index (χ1) is 16.2. The molecule has 3 aromatic rings. The van der Waals surface area contributed by atoms with Crippen molar-refractivity contribution in [2.75, 3.05) is 19.9 Å². The van der Waals surface area contributed by atoms with E-state index in [0.29, 0.717) is 11.3 Å². The third-order valence-corrected chi connectivity index (χ3v) is 8.05. The van der Waals surface area contributed by atoms with E-state index in [1.807, 2.05) is 67.8 Å². The fraction of sp³-hybridized carbons (Fsp3) is 0.269. The van der Waals surface area contributed by atoms with Crippen molar-refractivity contribution in [3.63, 3.8) is 0 Å². The molecular weight excluding hydrogens is 468 g/mol. The molecule has 3 rings (SSSR count). The van der Waals surface area contributed by atoms with Crippen molar-refractivity contribution in [1.29, 1.82) is 0 Å². The lowest BCUT2D eigenvalue weighted by molar-refractivity contribution is -0.122. The molecule has 1 atom stereocenters. The van der Waals surface area contributed by atoms with Crippen molar-refractivity contribution < 1.29 is 17.9 Å². The van der Waals surface area contributed by atoms with E-state index in [-0.39, 0.29) is 29.9 Å². The maximum atomic E-state index is 13.6. The highest BCUT2D eigenvalue weighted by molar-refractivity contribution is 7.98. The SMILES string of the molecule is COc1ccc(S(=O)(=O)N(CC(=O)N[C@@H](C)c2ccc(SC)cc2)Cc2ccccc2)cc1C. The number of carbonyl (C=O) groups is 1. The number of hydrogen-bond acceptors (Lipinski definition) is 5. The van der Waals surface area contributed by atoms with E-state index >= 15 is 0 Å². The van der Waals surface area contributed by atoms with Crippen LogP contribution in [-0.4, -0.2) is 38.5 Å². The number of ether oxygens (including phenoxy) is 1. The molecule has 0 aliphatic heterocycles. The minimum atomic E-state index is -3.94. The fourth-order valence-corrected chi connectivity index (χ4v) is 5.47. The second-order valence-electron chi connectivity index (χ2n) is 7.95. The zero-order chi connectivity index (χ0) is 24.7. The van der Waals surface area contributed by atoms with Gasteiger partial charge in [-0.1, -0.05) is 42.5 Å². The van der Waals surface area contributed by atoms with E-state index in [4.69, 9.17) is 4.74 Å². The second-order valence-corrected chi connectivity index (χ2v) is 10.8. The molecule has 0 heterocycles. The van der Waals surface area contributed by atoms with Crippen LogP contribution in [0.5, 0.6) is 5.75 Å². The molecule has 1 amide bonds. The number of nitrogens with one attached hydrogen (secondary N) is 1. The number of benzene rings is 3. The molecule has 0 aliphatic carbocycles. The number of amides is 1. The van der Waals surface area contributed by atoms with Crippen LogP contribution in [0, 0.1) is 6.92 Å². The van der Waals surface area contributed by atoms with E-state index < -0.39 is 10.0 Å². The zero-order valence-corrected chi connectivity index (χ0v) is 21.4. The maximum Gasteiger partial charge on any atom is 0.243 e. The van der Waals surface area contributed by atoms with E-state index in [9.17, 15) is 13.2 Å². The van der Waals surface area contributed by atoms with E-state index in [2.05, 4.69) is 5.32 Å². The molecule has 0 aromatic heterocycles. The molecule has 0 spiro atoms. The summed E-state index contributed by atoms with van der Waals surface area (Å²) in [5.74, 6) is 0.235. The quantitative estimate of drug-likeness (QED) is 0.407. The van der Waals surface area contributed by atoms with Crippen LogP contribution in [0.25, 0.3) is 0 Å². The molecule has 0 unspecified atom stereocenters. The molecule has 8 heteroatoms. The average molecular weight is 499 g/mol. The monoisotopic (exact) mass is 498 g/mol. The summed E-state index contributed by atoms with van der Waals surface area (Å²) in [5.41, 5.74) is 2.45. The van der Waals surface area contributed by atoms with Gasteiger partial charge in [0.2, 0.25) is 15.9 Å². The molecule has 1 N–H and O–H groups in total. The summed E-state index contributed by atoms with van der Waals surface area (Å²) in [4.78, 5) is 14.2. The Morgan fingerprint density at radius 2 is 1.74 bits per heavy atom. The second kappa shape index (κ2) is 11.6. The predicted octanol–water partition coefficient (Wildman–Crippen LogP) is 4.79. The third-order valence-electron chi connectivity index (χ3n) is 5.52. The van der Waals surface area contributed by atoms with Gasteiger partial charge in [0, 0.05) is 11.4 Å². The molecule has 34 heavy (non-hydrogen) atoms. The van der Waals surface area contributed by atoms with Crippen molar-refractivity contribution in [2.45, 2.75) is 36.2 Å². The number of thioether (sulfide) groups is 1. The number of methoxy groups -OCH3 is 1. The molecule has 180 valence electrons. The van der Waals surface area contributed by atoms with Gasteiger partial charge in [-0.25, -0.2) is 8.42 Å². The van der Waals surface area contributed by atoms with Gasteiger partial charge in [-0.15, -0.1) is 11.8 Å². The summed E-state index contributed by atoms with van der Waals surface area (Å²) in [6.07, 6.45) is 2.01. The summed E-state index contributed by atoms with van der Waals surface area (Å²) in [6.45, 7) is 3.46. The molecule has 0 bridgehead atoms. The lowest BCUT2D eigenvalue weighted by atomic mass is 10.1. The van der Waals surface area contributed by atoms with E-state index in [0.717, 1.165) is 16.0 Å². The molecule has 0 fully saturated rings. The molecule has 3 aromatic carbocycles. The lowest BCUT2D eigenvalue weighted by Crippen LogP contribution is -2.41. The van der Waals surface area contributed by atoms with Gasteiger partial charge in [-0.2, -0.15) is 4.31 Å². The summed E-state index contributed by atoms with van der Waals surface area (Å²) in [6, 6.07) is 21.6. The number of carbonyl (C=O) groups excluding carboxylic acids is 1. The maximum absolute atomic E-state index is 13.6. The van der Waals surface area contributed by atoms with Gasteiger partial charge in [0.05, 0.1) is 24.6 Å². The van der Waals surface area contributed by atoms with Crippen molar-refractivity contribution in [1.82, 2.24) is 9.62 Å². The standard InChI is InChI=1S/C26H30N2O4S2/c1-19-16-24(14-15-25(19)32-3)34(30,31)28(17-21-8-6-5-7-9-21)18-26(29)27-20(2)22-10-12-23(33-4)13-11-22/h5-16,20H,17-18H2,1-4H3,(H,27,29)/t20-/m0/s1. The molecule has 0 aliphatic rings. The summed E-state index contributed by atoms with van der Waals surface area (Å²) in [5, 5.41) is 2.93. The Morgan fingerprint density at radius 3 is 2.32 bits per heavy atom. The highest BCUT2D eigenvalue weighted by Gasteiger charge is 2.28. The first-order valence-electron chi connectivity index (χ1n) is 10.9. The van der Waals surface area contributed by atoms with Crippen LogP contribution >= 0.6 is 11.8 Å². The topological polar surface area (TPSA) is 75.7 Å². The smallest absolute Gasteiger partial charge is 0.243 e. The van der Waals surface area contributed by atoms with Gasteiger partial charge in [-0.3, -0.25) is 4.79 Å². The Hall–Kier alpha value is -2.81. The number of hydrogen-bond donors (Lipinski definition) is 1. The van der Waals surface area contributed by atoms with Crippen LogP contribution in [0.4, 0.5) is 0 Å². The molecule has 6 nitrogen and oxygen atoms in total. The summed E-state index contributed by atoms with van der Waals surface area (Å²) < 4.78 is 33.6. The third kappa shape index (κ3) is 6.40. The number of rotatable bonds is 10. The minimum absolute atomic E-state index is 0.0818. The normalized spacial score (nSPS) is 12.4. The number of sulfonamides is 1. The van der Waals surface area contributed by atoms with Crippen LogP contribution in [0.1, 0.15) is 29.7 Å². The van der Waals surface area contributed by atoms with Gasteiger partial charge < -0.3 is 10.1 Å². The van der Waals surface area contributed by atoms with Crippen molar-refractivity contribution in [2.24, 2.45) is 0 Å². The first kappa shape index (κ1) is 25.8. The van der Waals surface area contributed by atoms with Crippen LogP contribution in [0.2, 0.25) is 0 Å². The van der Waals surface area contributed by atoms with Crippen molar-refractivity contribution in [3.8, 4) is 5.75 Å². The van der Waals surface area contributed by atoms with Gasteiger partial charge in [0.15, 0.2) is 0 Å². The number of nitrogens with zero attached hydrogens (tertiary/aromatic N) is 1. The molecule has 0 saturated carbocycles. The lowest BCUT2D eigenvalue weighted by Gasteiger charge is -2.24. The highest BCUT2D eigenvalue weighted by atomic mass is 32.2. The first-order valence-corrected chi connectivity index (χ1v) is 13.5. The minimum Gasteiger partial charge on any atom is -0.496 e. The zero-order valence-electron chi connectivity index (χ0n) is 19.8. The highest BCUT2D eigenvalue weighted by Crippen LogP contribution is 2.25. The Bertz CT molecular complexity index is 1210. The Balaban J connectivity index is 1.83. The molecule has 0 radical (unpaired) electrons. The van der Waals surface area contributed by atoms with Gasteiger partial charge >= 0.3 is 0 Å². The van der Waals surface area contributed by atoms with Crippen LogP contribution in [0.3, 0.4) is 0 Å². The number of aryl methyl sites for hydroxylation is 1. The van der Waals surface area contributed by atoms with Crippen molar-refractivity contribution >= 4 is 27.7 Å². The van der Waals surface area contributed by atoms with E-state index in [1.165, 1.54) is 10.4 Å². The molecule has 0 saturated heterocycles. The summed E-state index contributed by atoms with van der Waals surface area (Å²) >= 11 is 1.65. The largest absolute Gasteiger partial charge is 0.496 e. The van der Waals surface area contributed by atoms with Crippen molar-refractivity contribution in [3.05, 3.63) is 89.5 Å². The molecular formula is C26H30N2O4S2. The van der Waals surface area contributed by atoms with Gasteiger partial charge in [-0.05, 0) is 67.1 Å². The van der Waals surface area contributed by atoms with Gasteiger partial charge in [0.1, 0.15) is 5.75 Å². The van der Waals surface area contributed by atoms with Crippen LogP contribution in [-0.2, 0) is 21.4 Å². The Kier molecular flexibility index (Phi) is 8.77. The predicted molar refractivity (Wildman–Crippen MR) is 137 cm³/mol. The Morgan fingerprint density at radius 1 is 1.06 bits per heavy atom. The van der Waals surface area contributed by atoms with Crippen LogP contribution < -0.4 is 10.1 Å². The summed E-state index contributed by atoms with van der Waals surface area (Å²) in [7, 11) is -2.40.